The van der Waals surface area contributed by atoms with Gasteiger partial charge in [-0.3, -0.25) is 15.0 Å². The van der Waals surface area contributed by atoms with Crippen LogP contribution in [0.15, 0.2) is 46.0 Å². The van der Waals surface area contributed by atoms with E-state index in [0.29, 0.717) is 6.42 Å². The highest BCUT2D eigenvalue weighted by Gasteiger charge is 2.52. The Morgan fingerprint density at radius 3 is 2.61 bits per heavy atom. The predicted octanol–water partition coefficient (Wildman–Crippen LogP) is 5.07. The van der Waals surface area contributed by atoms with Crippen molar-refractivity contribution in [3.8, 4) is 5.75 Å². The summed E-state index contributed by atoms with van der Waals surface area (Å²) in [5, 5.41) is 18.6. The van der Waals surface area contributed by atoms with Gasteiger partial charge in [0.15, 0.2) is 0 Å². The molecule has 0 bridgehead atoms. The van der Waals surface area contributed by atoms with Crippen molar-refractivity contribution in [3.63, 3.8) is 0 Å². The summed E-state index contributed by atoms with van der Waals surface area (Å²) in [4.78, 5) is 13.5. The van der Waals surface area contributed by atoms with Crippen LogP contribution in [0.4, 0.5) is 11.4 Å². The second-order valence-corrected chi connectivity index (χ2v) is 10.9. The predicted molar refractivity (Wildman–Crippen MR) is 131 cm³/mol. The standard InChI is InChI=1S/C24H28BrN5O3/c1-23(2,3)28-10-8-24(9-11-28)29-20(17-6-5-16(25)13-22(17)33-24)14-19(27-29)15-4-7-18(26)21(12-15)30(31)32/h4-7,12-13,20H,8-11,14,26H2,1-3H3. The van der Waals surface area contributed by atoms with Gasteiger partial charge in [-0.05, 0) is 39.0 Å². The zero-order valence-electron chi connectivity index (χ0n) is 19.0. The number of halogens is 1. The molecule has 0 saturated carbocycles. The summed E-state index contributed by atoms with van der Waals surface area (Å²) in [6.45, 7) is 8.54. The van der Waals surface area contributed by atoms with Crippen molar-refractivity contribution in [2.24, 2.45) is 5.10 Å². The SMILES string of the molecule is CC(C)(C)N1CCC2(CC1)Oc1cc(Br)ccc1C1CC(c3ccc(N)c([N+](=O)[O-])c3)=NN12. The summed E-state index contributed by atoms with van der Waals surface area (Å²) in [6.07, 6.45) is 2.31. The number of nitrogen functional groups attached to an aromatic ring is 1. The van der Waals surface area contributed by atoms with Gasteiger partial charge in [0.2, 0.25) is 5.72 Å². The average Bonchev–Trinajstić information content (AvgIpc) is 3.20. The van der Waals surface area contributed by atoms with Gasteiger partial charge in [-0.1, -0.05) is 28.1 Å². The topological polar surface area (TPSA) is 97.2 Å². The van der Waals surface area contributed by atoms with E-state index in [1.807, 2.05) is 18.2 Å². The number of likely N-dealkylation sites (tertiary alicyclic amines) is 1. The molecule has 5 rings (SSSR count). The normalized spacial score (nSPS) is 21.9. The van der Waals surface area contributed by atoms with Crippen LogP contribution in [-0.4, -0.2) is 44.9 Å². The lowest BCUT2D eigenvalue weighted by Gasteiger charge is -2.53. The molecule has 3 heterocycles. The number of piperidine rings is 1. The van der Waals surface area contributed by atoms with E-state index >= 15 is 0 Å². The van der Waals surface area contributed by atoms with Crippen LogP contribution in [0.25, 0.3) is 0 Å². The minimum absolute atomic E-state index is 0.0228. The lowest BCUT2D eigenvalue weighted by molar-refractivity contribution is -0.383. The number of nitro groups is 1. The summed E-state index contributed by atoms with van der Waals surface area (Å²) >= 11 is 3.58. The average molecular weight is 514 g/mol. The van der Waals surface area contributed by atoms with Gasteiger partial charge >= 0.3 is 0 Å². The van der Waals surface area contributed by atoms with Gasteiger partial charge in [0.05, 0.1) is 16.7 Å². The van der Waals surface area contributed by atoms with Crippen molar-refractivity contribution in [2.75, 3.05) is 18.8 Å². The Kier molecular flexibility index (Phi) is 5.17. The molecule has 2 N–H and O–H groups in total. The maximum absolute atomic E-state index is 11.4. The molecule has 2 aromatic rings. The van der Waals surface area contributed by atoms with Crippen LogP contribution in [0, 0.1) is 10.1 Å². The molecule has 0 aliphatic carbocycles. The number of anilines is 1. The fraction of sp³-hybridized carbons (Fsp3) is 0.458. The molecule has 8 nitrogen and oxygen atoms in total. The van der Waals surface area contributed by atoms with E-state index in [2.05, 4.69) is 52.7 Å². The molecule has 1 unspecified atom stereocenters. The first-order valence-electron chi connectivity index (χ1n) is 11.2. The Morgan fingerprint density at radius 2 is 1.94 bits per heavy atom. The third kappa shape index (κ3) is 3.77. The Hall–Kier alpha value is -2.65. The van der Waals surface area contributed by atoms with Gasteiger partial charge in [0.1, 0.15) is 11.4 Å². The third-order valence-electron chi connectivity index (χ3n) is 7.02. The largest absolute Gasteiger partial charge is 0.466 e. The fourth-order valence-corrected chi connectivity index (χ4v) is 5.51. The lowest BCUT2D eigenvalue weighted by atomic mass is 9.89. The van der Waals surface area contributed by atoms with E-state index in [1.54, 1.807) is 6.07 Å². The molecule has 3 aliphatic rings. The lowest BCUT2D eigenvalue weighted by Crippen LogP contribution is -2.61. The molecular weight excluding hydrogens is 486 g/mol. The first kappa shape index (κ1) is 22.2. The van der Waals surface area contributed by atoms with Crippen molar-refractivity contribution in [1.29, 1.82) is 0 Å². The maximum Gasteiger partial charge on any atom is 0.292 e. The molecule has 0 amide bonds. The number of fused-ring (bicyclic) bond motifs is 4. The minimum atomic E-state index is -0.540. The van der Waals surface area contributed by atoms with Crippen molar-refractivity contribution >= 4 is 33.0 Å². The van der Waals surface area contributed by atoms with Crippen LogP contribution in [0.2, 0.25) is 0 Å². The molecule has 1 atom stereocenters. The first-order chi connectivity index (χ1) is 15.6. The second kappa shape index (κ2) is 7.70. The molecule has 33 heavy (non-hydrogen) atoms. The van der Waals surface area contributed by atoms with Crippen LogP contribution in [0.3, 0.4) is 0 Å². The summed E-state index contributed by atoms with van der Waals surface area (Å²) in [5.41, 5.74) is 8.08. The first-order valence-corrected chi connectivity index (χ1v) is 12.0. The monoisotopic (exact) mass is 513 g/mol. The highest BCUT2D eigenvalue weighted by atomic mass is 79.9. The van der Waals surface area contributed by atoms with Crippen molar-refractivity contribution < 1.29 is 9.66 Å². The van der Waals surface area contributed by atoms with Gasteiger partial charge in [0, 0.05) is 59.6 Å². The van der Waals surface area contributed by atoms with E-state index in [9.17, 15) is 10.1 Å². The molecular formula is C24H28BrN5O3. The Bertz CT molecular complexity index is 1150. The summed E-state index contributed by atoms with van der Waals surface area (Å²) in [5.74, 6) is 0.884. The number of hydrogen-bond donors (Lipinski definition) is 1. The summed E-state index contributed by atoms with van der Waals surface area (Å²) in [6, 6.07) is 11.1. The van der Waals surface area contributed by atoms with E-state index in [4.69, 9.17) is 15.6 Å². The van der Waals surface area contributed by atoms with Crippen LogP contribution in [0.1, 0.15) is 57.2 Å². The zero-order chi connectivity index (χ0) is 23.5. The minimum Gasteiger partial charge on any atom is -0.466 e. The Morgan fingerprint density at radius 1 is 1.21 bits per heavy atom. The number of nitrogens with two attached hydrogens (primary N) is 1. The van der Waals surface area contributed by atoms with Crippen molar-refractivity contribution in [3.05, 3.63) is 62.1 Å². The van der Waals surface area contributed by atoms with E-state index in [0.717, 1.165) is 53.0 Å². The fourth-order valence-electron chi connectivity index (χ4n) is 5.17. The van der Waals surface area contributed by atoms with Crippen molar-refractivity contribution in [2.45, 2.75) is 57.3 Å². The highest BCUT2D eigenvalue weighted by Crippen LogP contribution is 2.51. The smallest absolute Gasteiger partial charge is 0.292 e. The number of hydrogen-bond acceptors (Lipinski definition) is 7. The number of hydrazone groups is 1. The summed E-state index contributed by atoms with van der Waals surface area (Å²) < 4.78 is 7.69. The number of ether oxygens (including phenoxy) is 1. The summed E-state index contributed by atoms with van der Waals surface area (Å²) in [7, 11) is 0. The maximum atomic E-state index is 11.4. The van der Waals surface area contributed by atoms with Crippen molar-refractivity contribution in [1.82, 2.24) is 9.91 Å². The highest BCUT2D eigenvalue weighted by molar-refractivity contribution is 9.10. The molecule has 2 aromatic carbocycles. The van der Waals surface area contributed by atoms with E-state index < -0.39 is 10.6 Å². The van der Waals surface area contributed by atoms with Gasteiger partial charge < -0.3 is 10.5 Å². The number of nitro benzene ring substituents is 1. The number of rotatable bonds is 2. The molecule has 0 radical (unpaired) electrons. The quantitative estimate of drug-likeness (QED) is 0.341. The van der Waals surface area contributed by atoms with Gasteiger partial charge in [0.25, 0.3) is 5.69 Å². The Labute approximate surface area is 201 Å². The third-order valence-corrected chi connectivity index (χ3v) is 7.51. The van der Waals surface area contributed by atoms with Crippen LogP contribution in [0.5, 0.6) is 5.75 Å². The Balaban J connectivity index is 1.55. The van der Waals surface area contributed by atoms with Crippen LogP contribution < -0.4 is 10.5 Å². The number of nitrogens with zero attached hydrogens (tertiary/aromatic N) is 4. The van der Waals surface area contributed by atoms with Gasteiger partial charge in [-0.2, -0.15) is 5.10 Å². The molecule has 1 fully saturated rings. The van der Waals surface area contributed by atoms with Gasteiger partial charge in [-0.25, -0.2) is 5.01 Å². The molecule has 3 aliphatic heterocycles. The molecule has 1 saturated heterocycles. The second-order valence-electron chi connectivity index (χ2n) is 10.0. The molecule has 174 valence electrons. The van der Waals surface area contributed by atoms with E-state index in [1.165, 1.54) is 6.07 Å². The molecule has 0 aromatic heterocycles. The number of benzene rings is 2. The zero-order valence-corrected chi connectivity index (χ0v) is 20.6. The van der Waals surface area contributed by atoms with E-state index in [-0.39, 0.29) is 23.0 Å². The molecule has 9 heteroatoms. The molecule has 1 spiro atoms. The van der Waals surface area contributed by atoms with Gasteiger partial charge in [-0.15, -0.1) is 0 Å². The van der Waals surface area contributed by atoms with Crippen LogP contribution >= 0.6 is 15.9 Å². The van der Waals surface area contributed by atoms with Crippen LogP contribution in [-0.2, 0) is 0 Å².